The standard InChI is InChI=1S/C12H15N3O2/c1-3-6-13-12(16)15-9-4-5-10-11(7-9)17-8(2)14-10/h4-5,7H,3,6H2,1-2H3,(H2,13,15,16). The van der Waals surface area contributed by atoms with Gasteiger partial charge in [0.25, 0.3) is 0 Å². The zero-order chi connectivity index (χ0) is 12.3. The molecule has 2 rings (SSSR count). The molecule has 2 N–H and O–H groups in total. The Morgan fingerprint density at radius 2 is 2.29 bits per heavy atom. The first-order chi connectivity index (χ1) is 8.19. The molecular weight excluding hydrogens is 218 g/mol. The van der Waals surface area contributed by atoms with Crippen molar-refractivity contribution in [1.82, 2.24) is 10.3 Å². The van der Waals surface area contributed by atoms with Gasteiger partial charge in [-0.15, -0.1) is 0 Å². The topological polar surface area (TPSA) is 67.2 Å². The summed E-state index contributed by atoms with van der Waals surface area (Å²) in [5, 5.41) is 5.48. The lowest BCUT2D eigenvalue weighted by Gasteiger charge is -2.05. The van der Waals surface area contributed by atoms with Crippen LogP contribution in [0.3, 0.4) is 0 Å². The third kappa shape index (κ3) is 2.75. The third-order valence-electron chi connectivity index (χ3n) is 2.29. The number of nitrogens with one attached hydrogen (secondary N) is 2. The van der Waals surface area contributed by atoms with Crippen LogP contribution in [0.15, 0.2) is 22.6 Å². The number of carbonyl (C=O) groups is 1. The van der Waals surface area contributed by atoms with Crippen LogP contribution in [0.1, 0.15) is 19.2 Å². The predicted octanol–water partition coefficient (Wildman–Crippen LogP) is 2.67. The molecule has 0 aliphatic heterocycles. The first kappa shape index (κ1) is 11.4. The number of amides is 2. The molecule has 0 spiro atoms. The number of fused-ring (bicyclic) bond motifs is 1. The highest BCUT2D eigenvalue weighted by Gasteiger charge is 2.05. The molecule has 5 nitrogen and oxygen atoms in total. The van der Waals surface area contributed by atoms with Gasteiger partial charge in [-0.05, 0) is 18.6 Å². The zero-order valence-corrected chi connectivity index (χ0v) is 9.91. The SMILES string of the molecule is CCCNC(=O)Nc1ccc2nc(C)oc2c1. The maximum Gasteiger partial charge on any atom is 0.319 e. The van der Waals surface area contributed by atoms with E-state index in [0.717, 1.165) is 11.9 Å². The molecule has 1 aromatic heterocycles. The Kier molecular flexibility index (Phi) is 3.27. The lowest BCUT2D eigenvalue weighted by atomic mass is 10.3. The summed E-state index contributed by atoms with van der Waals surface area (Å²) in [7, 11) is 0. The molecule has 5 heteroatoms. The molecule has 0 bridgehead atoms. The van der Waals surface area contributed by atoms with Crippen molar-refractivity contribution < 1.29 is 9.21 Å². The molecule has 1 aromatic carbocycles. The number of rotatable bonds is 3. The van der Waals surface area contributed by atoms with Crippen LogP contribution in [0.25, 0.3) is 11.1 Å². The van der Waals surface area contributed by atoms with Crippen LogP contribution in [-0.4, -0.2) is 17.6 Å². The summed E-state index contributed by atoms with van der Waals surface area (Å²) in [6.45, 7) is 4.46. The molecule has 0 aliphatic rings. The molecule has 0 unspecified atom stereocenters. The van der Waals surface area contributed by atoms with E-state index >= 15 is 0 Å². The first-order valence-corrected chi connectivity index (χ1v) is 5.61. The molecule has 17 heavy (non-hydrogen) atoms. The number of carbonyl (C=O) groups excluding carboxylic acids is 1. The molecule has 2 amide bonds. The maximum absolute atomic E-state index is 11.4. The number of aryl methyl sites for hydroxylation is 1. The molecule has 0 fully saturated rings. The fraction of sp³-hybridized carbons (Fsp3) is 0.333. The minimum Gasteiger partial charge on any atom is -0.441 e. The van der Waals surface area contributed by atoms with Gasteiger partial charge in [0, 0.05) is 25.2 Å². The normalized spacial score (nSPS) is 10.5. The van der Waals surface area contributed by atoms with Crippen molar-refractivity contribution in [2.45, 2.75) is 20.3 Å². The fourth-order valence-electron chi connectivity index (χ4n) is 1.53. The highest BCUT2D eigenvalue weighted by atomic mass is 16.3. The van der Waals surface area contributed by atoms with Crippen LogP contribution in [0.5, 0.6) is 0 Å². The van der Waals surface area contributed by atoms with Crippen molar-refractivity contribution in [2.75, 3.05) is 11.9 Å². The van der Waals surface area contributed by atoms with E-state index in [4.69, 9.17) is 4.42 Å². The minimum atomic E-state index is -0.206. The quantitative estimate of drug-likeness (QED) is 0.856. The Hall–Kier alpha value is -2.04. The van der Waals surface area contributed by atoms with Gasteiger partial charge < -0.3 is 15.1 Å². The van der Waals surface area contributed by atoms with Gasteiger partial charge in [0.1, 0.15) is 5.52 Å². The Labute approximate surface area is 99.2 Å². The van der Waals surface area contributed by atoms with Crippen molar-refractivity contribution in [3.63, 3.8) is 0 Å². The summed E-state index contributed by atoms with van der Waals surface area (Å²) in [6.07, 6.45) is 0.910. The van der Waals surface area contributed by atoms with E-state index in [2.05, 4.69) is 15.6 Å². The molecule has 1 heterocycles. The van der Waals surface area contributed by atoms with Crippen LogP contribution in [-0.2, 0) is 0 Å². The smallest absolute Gasteiger partial charge is 0.319 e. The highest BCUT2D eigenvalue weighted by Crippen LogP contribution is 2.19. The van der Waals surface area contributed by atoms with Crippen LogP contribution in [0.4, 0.5) is 10.5 Å². The Bertz CT molecular complexity index is 534. The fourth-order valence-corrected chi connectivity index (χ4v) is 1.53. The lowest BCUT2D eigenvalue weighted by molar-refractivity contribution is 0.252. The van der Waals surface area contributed by atoms with E-state index in [1.807, 2.05) is 13.0 Å². The van der Waals surface area contributed by atoms with E-state index in [1.54, 1.807) is 19.1 Å². The predicted molar refractivity (Wildman–Crippen MR) is 66.1 cm³/mol. The van der Waals surface area contributed by atoms with Gasteiger partial charge in [0.15, 0.2) is 11.5 Å². The van der Waals surface area contributed by atoms with Gasteiger partial charge in [-0.25, -0.2) is 9.78 Å². The number of hydrogen-bond donors (Lipinski definition) is 2. The third-order valence-corrected chi connectivity index (χ3v) is 2.29. The number of anilines is 1. The molecule has 0 atom stereocenters. The number of aromatic nitrogens is 1. The molecule has 0 saturated carbocycles. The first-order valence-electron chi connectivity index (χ1n) is 5.61. The second kappa shape index (κ2) is 4.86. The highest BCUT2D eigenvalue weighted by molar-refractivity contribution is 5.91. The molecule has 0 radical (unpaired) electrons. The lowest BCUT2D eigenvalue weighted by Crippen LogP contribution is -2.29. The monoisotopic (exact) mass is 233 g/mol. The molecule has 0 saturated heterocycles. The summed E-state index contributed by atoms with van der Waals surface area (Å²) in [5.41, 5.74) is 2.17. The number of hydrogen-bond acceptors (Lipinski definition) is 3. The second-order valence-electron chi connectivity index (χ2n) is 3.80. The average molecular weight is 233 g/mol. The summed E-state index contributed by atoms with van der Waals surface area (Å²) < 4.78 is 5.39. The zero-order valence-electron chi connectivity index (χ0n) is 9.91. The summed E-state index contributed by atoms with van der Waals surface area (Å²) >= 11 is 0. The van der Waals surface area contributed by atoms with Gasteiger partial charge in [0.2, 0.25) is 0 Å². The number of benzene rings is 1. The molecule has 2 aromatic rings. The van der Waals surface area contributed by atoms with Crippen LogP contribution < -0.4 is 10.6 Å². The Balaban J connectivity index is 2.10. The van der Waals surface area contributed by atoms with Crippen LogP contribution in [0, 0.1) is 6.92 Å². The summed E-state index contributed by atoms with van der Waals surface area (Å²) in [4.78, 5) is 15.6. The average Bonchev–Trinajstić information content (AvgIpc) is 2.65. The van der Waals surface area contributed by atoms with E-state index in [-0.39, 0.29) is 6.03 Å². The van der Waals surface area contributed by atoms with Crippen molar-refractivity contribution in [3.8, 4) is 0 Å². The van der Waals surface area contributed by atoms with Crippen molar-refractivity contribution in [2.24, 2.45) is 0 Å². The van der Waals surface area contributed by atoms with Gasteiger partial charge in [0.05, 0.1) is 0 Å². The van der Waals surface area contributed by atoms with E-state index in [0.29, 0.717) is 23.7 Å². The second-order valence-corrected chi connectivity index (χ2v) is 3.80. The van der Waals surface area contributed by atoms with Gasteiger partial charge in [-0.2, -0.15) is 0 Å². The van der Waals surface area contributed by atoms with Crippen molar-refractivity contribution in [1.29, 1.82) is 0 Å². The summed E-state index contributed by atoms with van der Waals surface area (Å²) in [6, 6.07) is 5.18. The van der Waals surface area contributed by atoms with E-state index in [9.17, 15) is 4.79 Å². The Morgan fingerprint density at radius 3 is 3.06 bits per heavy atom. The van der Waals surface area contributed by atoms with Gasteiger partial charge in [-0.1, -0.05) is 6.92 Å². The van der Waals surface area contributed by atoms with Crippen molar-refractivity contribution >= 4 is 22.8 Å². The molecule has 90 valence electrons. The van der Waals surface area contributed by atoms with Gasteiger partial charge in [-0.3, -0.25) is 0 Å². The molecule has 0 aliphatic carbocycles. The number of urea groups is 1. The number of oxazole rings is 1. The van der Waals surface area contributed by atoms with Crippen molar-refractivity contribution in [3.05, 3.63) is 24.1 Å². The maximum atomic E-state index is 11.4. The van der Waals surface area contributed by atoms with Crippen LogP contribution >= 0.6 is 0 Å². The van der Waals surface area contributed by atoms with Crippen LogP contribution in [0.2, 0.25) is 0 Å². The molecular formula is C12H15N3O2. The largest absolute Gasteiger partial charge is 0.441 e. The van der Waals surface area contributed by atoms with E-state index in [1.165, 1.54) is 0 Å². The summed E-state index contributed by atoms with van der Waals surface area (Å²) in [5.74, 6) is 0.618. The van der Waals surface area contributed by atoms with E-state index < -0.39 is 0 Å². The van der Waals surface area contributed by atoms with Gasteiger partial charge >= 0.3 is 6.03 Å². The Morgan fingerprint density at radius 1 is 1.47 bits per heavy atom. The minimum absolute atomic E-state index is 0.206. The number of nitrogens with zero attached hydrogens (tertiary/aromatic N) is 1.